The Bertz CT molecular complexity index is 670. The molecule has 0 spiro atoms. The maximum atomic E-state index is 12.7. The first-order valence-corrected chi connectivity index (χ1v) is 6.82. The zero-order valence-corrected chi connectivity index (χ0v) is 13.5. The van der Waals surface area contributed by atoms with Gasteiger partial charge in [-0.25, -0.2) is 0 Å². The van der Waals surface area contributed by atoms with Crippen LogP contribution in [0.5, 0.6) is 0 Å². The third-order valence-corrected chi connectivity index (χ3v) is 3.21. The Balaban J connectivity index is 3.04. The molecule has 1 N–H and O–H groups in total. The molecule has 0 aromatic carbocycles. The van der Waals surface area contributed by atoms with E-state index in [0.717, 1.165) is 23.3 Å². The van der Waals surface area contributed by atoms with Crippen molar-refractivity contribution in [2.24, 2.45) is 0 Å². The summed E-state index contributed by atoms with van der Waals surface area (Å²) >= 11 is 0. The molecule has 0 aliphatic heterocycles. The van der Waals surface area contributed by atoms with Gasteiger partial charge < -0.3 is 10.2 Å². The van der Waals surface area contributed by atoms with Gasteiger partial charge in [-0.3, -0.25) is 4.79 Å². The molecule has 0 saturated carbocycles. The molecular weight excluding hydrogens is 305 g/mol. The molecule has 0 radical (unpaired) electrons. The highest BCUT2D eigenvalue weighted by atomic mass is 19.4. The molecule has 0 aromatic heterocycles. The Morgan fingerprint density at radius 1 is 1.30 bits per heavy atom. The Morgan fingerprint density at radius 3 is 2.30 bits per heavy atom. The standard InChI is InChI=1S/C17H19F3N2O/c1-6-14(17(18,19)20)7-8-15(22(4)5)21-16(23)13-9-11(2)12(3)10-13/h6-9H,1H2,2-5H3,(H,21,23)/b14-7+,15-8+. The molecule has 0 heterocycles. The second-order valence-electron chi connectivity index (χ2n) is 5.22. The van der Waals surface area contributed by atoms with Crippen LogP contribution in [0.2, 0.25) is 0 Å². The number of hydrogen-bond acceptors (Lipinski definition) is 2. The second-order valence-corrected chi connectivity index (χ2v) is 5.22. The lowest BCUT2D eigenvalue weighted by atomic mass is 10.2. The van der Waals surface area contributed by atoms with Gasteiger partial charge in [0, 0.05) is 14.1 Å². The monoisotopic (exact) mass is 324 g/mol. The van der Waals surface area contributed by atoms with Crippen molar-refractivity contribution in [2.75, 3.05) is 14.1 Å². The fraction of sp³-hybridized carbons (Fsp3) is 0.294. The predicted octanol–water partition coefficient (Wildman–Crippen LogP) is 3.61. The van der Waals surface area contributed by atoms with Crippen LogP contribution in [-0.4, -0.2) is 31.1 Å². The average molecular weight is 324 g/mol. The van der Waals surface area contributed by atoms with Crippen molar-refractivity contribution in [3.63, 3.8) is 0 Å². The van der Waals surface area contributed by atoms with Gasteiger partial charge in [0.25, 0.3) is 5.91 Å². The minimum atomic E-state index is -4.49. The summed E-state index contributed by atoms with van der Waals surface area (Å²) in [4.78, 5) is 13.7. The summed E-state index contributed by atoms with van der Waals surface area (Å²) in [6, 6.07) is 0. The van der Waals surface area contributed by atoms with E-state index in [-0.39, 0.29) is 5.82 Å². The Morgan fingerprint density at radius 2 is 1.91 bits per heavy atom. The van der Waals surface area contributed by atoms with Crippen molar-refractivity contribution >= 4 is 5.91 Å². The van der Waals surface area contributed by atoms with Gasteiger partial charge in [0.15, 0.2) is 0 Å². The van der Waals surface area contributed by atoms with Crippen LogP contribution < -0.4 is 5.32 Å². The molecule has 1 amide bonds. The SMILES string of the molecule is C=C/C(=C\C=C(/NC(=O)C1=C=C(C)C(C)=C1)N(C)C)C(F)(F)F. The number of rotatable bonds is 5. The number of amides is 1. The van der Waals surface area contributed by atoms with Gasteiger partial charge in [-0.05, 0) is 43.2 Å². The minimum absolute atomic E-state index is 0.225. The zero-order chi connectivity index (χ0) is 17.8. The van der Waals surface area contributed by atoms with Crippen molar-refractivity contribution in [1.82, 2.24) is 10.2 Å². The lowest BCUT2D eigenvalue weighted by Crippen LogP contribution is -2.31. The van der Waals surface area contributed by atoms with Gasteiger partial charge in [-0.2, -0.15) is 13.2 Å². The Labute approximate surface area is 133 Å². The van der Waals surface area contributed by atoms with Gasteiger partial charge in [-0.15, -0.1) is 5.73 Å². The van der Waals surface area contributed by atoms with E-state index in [2.05, 4.69) is 17.6 Å². The highest BCUT2D eigenvalue weighted by Crippen LogP contribution is 2.26. The topological polar surface area (TPSA) is 32.3 Å². The molecular formula is C17H19F3N2O. The van der Waals surface area contributed by atoms with E-state index in [0.29, 0.717) is 5.57 Å². The fourth-order valence-electron chi connectivity index (χ4n) is 1.72. The average Bonchev–Trinajstić information content (AvgIpc) is 2.76. The maximum absolute atomic E-state index is 12.7. The molecule has 0 saturated heterocycles. The molecule has 1 aliphatic rings. The van der Waals surface area contributed by atoms with Crippen LogP contribution in [-0.2, 0) is 4.79 Å². The normalized spacial score (nSPS) is 15.7. The third kappa shape index (κ3) is 5.04. The zero-order valence-electron chi connectivity index (χ0n) is 13.5. The highest BCUT2D eigenvalue weighted by Gasteiger charge is 2.30. The van der Waals surface area contributed by atoms with Crippen molar-refractivity contribution < 1.29 is 18.0 Å². The molecule has 6 heteroatoms. The van der Waals surface area contributed by atoms with Crippen LogP contribution in [0.3, 0.4) is 0 Å². The van der Waals surface area contributed by atoms with E-state index >= 15 is 0 Å². The molecule has 0 atom stereocenters. The summed E-state index contributed by atoms with van der Waals surface area (Å²) in [7, 11) is 3.23. The number of hydrogen-bond donors (Lipinski definition) is 1. The van der Waals surface area contributed by atoms with Crippen LogP contribution in [0.1, 0.15) is 13.8 Å². The van der Waals surface area contributed by atoms with E-state index < -0.39 is 17.7 Å². The van der Waals surface area contributed by atoms with Crippen LogP contribution in [0.25, 0.3) is 0 Å². The van der Waals surface area contributed by atoms with E-state index in [1.54, 1.807) is 20.2 Å². The molecule has 0 unspecified atom stereocenters. The summed E-state index contributed by atoms with van der Waals surface area (Å²) in [5.74, 6) is -0.204. The Kier molecular flexibility index (Phi) is 5.82. The number of alkyl halides is 3. The van der Waals surface area contributed by atoms with Crippen molar-refractivity contribution in [3.8, 4) is 0 Å². The summed E-state index contributed by atoms with van der Waals surface area (Å²) in [6.45, 7) is 6.83. The molecule has 3 nitrogen and oxygen atoms in total. The van der Waals surface area contributed by atoms with Gasteiger partial charge in [0.1, 0.15) is 5.82 Å². The number of nitrogens with one attached hydrogen (secondary N) is 1. The van der Waals surface area contributed by atoms with Gasteiger partial charge >= 0.3 is 6.18 Å². The first kappa shape index (κ1) is 18.6. The lowest BCUT2D eigenvalue weighted by molar-refractivity contribution is -0.116. The molecule has 23 heavy (non-hydrogen) atoms. The lowest BCUT2D eigenvalue weighted by Gasteiger charge is -2.18. The number of allylic oxidation sites excluding steroid dienone is 5. The number of nitrogens with zero attached hydrogens (tertiary/aromatic N) is 1. The molecule has 0 fully saturated rings. The van der Waals surface area contributed by atoms with E-state index in [1.807, 2.05) is 13.8 Å². The molecule has 1 aliphatic carbocycles. The first-order valence-electron chi connectivity index (χ1n) is 6.82. The predicted molar refractivity (Wildman–Crippen MR) is 84.2 cm³/mol. The fourth-order valence-corrected chi connectivity index (χ4v) is 1.72. The van der Waals surface area contributed by atoms with Crippen molar-refractivity contribution in [3.05, 3.63) is 64.7 Å². The van der Waals surface area contributed by atoms with Crippen LogP contribution in [0.15, 0.2) is 64.7 Å². The maximum Gasteiger partial charge on any atom is 0.416 e. The molecule has 124 valence electrons. The van der Waals surface area contributed by atoms with E-state index in [9.17, 15) is 18.0 Å². The van der Waals surface area contributed by atoms with Crippen LogP contribution in [0, 0.1) is 0 Å². The van der Waals surface area contributed by atoms with Crippen LogP contribution >= 0.6 is 0 Å². The first-order chi connectivity index (χ1) is 10.6. The summed E-state index contributed by atoms with van der Waals surface area (Å²) in [5.41, 5.74) is 4.16. The van der Waals surface area contributed by atoms with Gasteiger partial charge in [0.05, 0.1) is 11.1 Å². The largest absolute Gasteiger partial charge is 0.416 e. The number of carbonyl (C=O) groups is 1. The summed E-state index contributed by atoms with van der Waals surface area (Å²) in [5, 5.41) is 2.57. The third-order valence-electron chi connectivity index (χ3n) is 3.21. The molecule has 1 rings (SSSR count). The number of halogens is 3. The quantitative estimate of drug-likeness (QED) is 0.619. The number of carbonyl (C=O) groups excluding carboxylic acids is 1. The minimum Gasteiger partial charge on any atom is -0.364 e. The summed E-state index contributed by atoms with van der Waals surface area (Å²) < 4.78 is 38.0. The van der Waals surface area contributed by atoms with Gasteiger partial charge in [0.2, 0.25) is 0 Å². The van der Waals surface area contributed by atoms with E-state index in [1.165, 1.54) is 11.0 Å². The second kappa shape index (κ2) is 7.20. The smallest absolute Gasteiger partial charge is 0.364 e. The van der Waals surface area contributed by atoms with E-state index in [4.69, 9.17) is 0 Å². The molecule has 0 aromatic rings. The Hall–Kier alpha value is -2.46. The van der Waals surface area contributed by atoms with Gasteiger partial charge in [-0.1, -0.05) is 12.7 Å². The van der Waals surface area contributed by atoms with Crippen molar-refractivity contribution in [1.29, 1.82) is 0 Å². The summed E-state index contributed by atoms with van der Waals surface area (Å²) in [6.07, 6.45) is -0.0335. The van der Waals surface area contributed by atoms with Crippen molar-refractivity contribution in [2.45, 2.75) is 20.0 Å². The van der Waals surface area contributed by atoms with Crippen LogP contribution in [0.4, 0.5) is 13.2 Å². The highest BCUT2D eigenvalue weighted by molar-refractivity contribution is 5.98. The molecule has 0 bridgehead atoms.